The summed E-state index contributed by atoms with van der Waals surface area (Å²) >= 11 is 0. The minimum Gasteiger partial charge on any atom is -0.507 e. The summed E-state index contributed by atoms with van der Waals surface area (Å²) in [4.78, 5) is 25.1. The van der Waals surface area contributed by atoms with Gasteiger partial charge in [0.05, 0.1) is 18.2 Å². The van der Waals surface area contributed by atoms with E-state index in [0.29, 0.717) is 30.0 Å². The molecule has 0 bridgehead atoms. The van der Waals surface area contributed by atoms with Crippen LogP contribution < -0.4 is 5.56 Å². The first-order valence-corrected chi connectivity index (χ1v) is 8.41. The fourth-order valence-corrected chi connectivity index (χ4v) is 3.59. The molecule has 2 aliphatic rings. The molecule has 130 valence electrons. The SMILES string of the molecule is Cc1cc(O)c([C@@H]2OC(=O)c3ccccc32)c(=O)n1C[C@@H]1CCCO1. The van der Waals surface area contributed by atoms with Gasteiger partial charge in [0.25, 0.3) is 5.56 Å². The predicted octanol–water partition coefficient (Wildman–Crippen LogP) is 2.30. The molecule has 0 radical (unpaired) electrons. The molecule has 0 unspecified atom stereocenters. The van der Waals surface area contributed by atoms with Gasteiger partial charge in [-0.15, -0.1) is 0 Å². The number of cyclic esters (lactones) is 1. The first kappa shape index (κ1) is 15.9. The topological polar surface area (TPSA) is 77.8 Å². The van der Waals surface area contributed by atoms with Crippen LogP contribution in [-0.4, -0.2) is 28.4 Å². The van der Waals surface area contributed by atoms with Gasteiger partial charge in [0, 0.05) is 17.9 Å². The monoisotopic (exact) mass is 341 g/mol. The van der Waals surface area contributed by atoms with Crippen LogP contribution in [0.15, 0.2) is 35.1 Å². The molecule has 1 saturated heterocycles. The molecule has 6 heteroatoms. The Morgan fingerprint density at radius 3 is 2.84 bits per heavy atom. The lowest BCUT2D eigenvalue weighted by atomic mass is 9.99. The van der Waals surface area contributed by atoms with Crippen molar-refractivity contribution in [3.63, 3.8) is 0 Å². The van der Waals surface area contributed by atoms with Crippen LogP contribution in [0.4, 0.5) is 0 Å². The quantitative estimate of drug-likeness (QED) is 0.867. The van der Waals surface area contributed by atoms with Crippen LogP contribution in [-0.2, 0) is 16.0 Å². The van der Waals surface area contributed by atoms with Gasteiger partial charge in [-0.25, -0.2) is 4.79 Å². The highest BCUT2D eigenvalue weighted by Gasteiger charge is 2.36. The van der Waals surface area contributed by atoms with Crippen molar-refractivity contribution in [2.24, 2.45) is 0 Å². The zero-order valence-electron chi connectivity index (χ0n) is 13.9. The summed E-state index contributed by atoms with van der Waals surface area (Å²) in [6.07, 6.45) is 1.00. The van der Waals surface area contributed by atoms with Gasteiger partial charge < -0.3 is 19.1 Å². The van der Waals surface area contributed by atoms with Crippen molar-refractivity contribution in [3.8, 4) is 5.75 Å². The van der Waals surface area contributed by atoms with Crippen molar-refractivity contribution >= 4 is 5.97 Å². The summed E-state index contributed by atoms with van der Waals surface area (Å²) in [6.45, 7) is 2.91. The molecule has 1 N–H and O–H groups in total. The van der Waals surface area contributed by atoms with Crippen LogP contribution >= 0.6 is 0 Å². The zero-order valence-corrected chi connectivity index (χ0v) is 13.9. The standard InChI is InChI=1S/C19H19NO5/c1-11-9-15(21)16(18(22)20(11)10-12-5-4-8-24-12)17-13-6-2-3-7-14(13)19(23)25-17/h2-3,6-7,9,12,17,21H,4-5,8,10H2,1H3/t12-,17+/m0/s1. The van der Waals surface area contributed by atoms with Crippen LogP contribution in [0.25, 0.3) is 0 Å². The average Bonchev–Trinajstić information content (AvgIpc) is 3.21. The molecule has 0 amide bonds. The molecular formula is C19H19NO5. The van der Waals surface area contributed by atoms with E-state index in [-0.39, 0.29) is 23.0 Å². The molecular weight excluding hydrogens is 322 g/mol. The third-order valence-electron chi connectivity index (χ3n) is 4.88. The maximum absolute atomic E-state index is 13.1. The summed E-state index contributed by atoms with van der Waals surface area (Å²) < 4.78 is 12.6. The molecule has 25 heavy (non-hydrogen) atoms. The molecule has 1 aromatic carbocycles. The molecule has 2 atom stereocenters. The van der Waals surface area contributed by atoms with Gasteiger partial charge in [-0.1, -0.05) is 18.2 Å². The number of benzene rings is 1. The second-order valence-electron chi connectivity index (χ2n) is 6.51. The Kier molecular flexibility index (Phi) is 3.84. The molecule has 2 aliphatic heterocycles. The van der Waals surface area contributed by atoms with Crippen molar-refractivity contribution in [2.75, 3.05) is 6.61 Å². The third-order valence-corrected chi connectivity index (χ3v) is 4.88. The number of esters is 1. The Morgan fingerprint density at radius 1 is 1.28 bits per heavy atom. The second-order valence-corrected chi connectivity index (χ2v) is 6.51. The van der Waals surface area contributed by atoms with E-state index >= 15 is 0 Å². The number of rotatable bonds is 3. The van der Waals surface area contributed by atoms with Gasteiger partial charge in [-0.3, -0.25) is 4.79 Å². The number of ether oxygens (including phenoxy) is 2. The number of carbonyl (C=O) groups is 1. The fraction of sp³-hybridized carbons (Fsp3) is 0.368. The van der Waals surface area contributed by atoms with Crippen LogP contribution in [0, 0.1) is 6.92 Å². The van der Waals surface area contributed by atoms with Gasteiger partial charge in [-0.2, -0.15) is 0 Å². The normalized spacial score (nSPS) is 22.0. The highest BCUT2D eigenvalue weighted by Crippen LogP contribution is 2.37. The van der Waals surface area contributed by atoms with Gasteiger partial charge in [0.15, 0.2) is 6.10 Å². The van der Waals surface area contributed by atoms with E-state index in [2.05, 4.69) is 0 Å². The minimum absolute atomic E-state index is 0.00722. The first-order chi connectivity index (χ1) is 12.1. The Hall–Kier alpha value is -2.60. The van der Waals surface area contributed by atoms with Crippen molar-refractivity contribution < 1.29 is 19.4 Å². The number of hydrogen-bond acceptors (Lipinski definition) is 5. The average molecular weight is 341 g/mol. The maximum Gasteiger partial charge on any atom is 0.339 e. The van der Waals surface area contributed by atoms with Crippen molar-refractivity contribution in [3.05, 3.63) is 63.1 Å². The van der Waals surface area contributed by atoms with E-state index in [4.69, 9.17) is 9.47 Å². The molecule has 4 rings (SSSR count). The number of aryl methyl sites for hydroxylation is 1. The van der Waals surface area contributed by atoms with Crippen molar-refractivity contribution in [2.45, 2.75) is 38.5 Å². The molecule has 1 aromatic heterocycles. The number of hydrogen-bond donors (Lipinski definition) is 1. The molecule has 0 saturated carbocycles. The second kappa shape index (κ2) is 6.04. The van der Waals surface area contributed by atoms with Crippen molar-refractivity contribution in [1.29, 1.82) is 0 Å². The smallest absolute Gasteiger partial charge is 0.339 e. The highest BCUT2D eigenvalue weighted by atomic mass is 16.5. The Labute approximate surface area is 144 Å². The molecule has 1 fully saturated rings. The lowest BCUT2D eigenvalue weighted by molar-refractivity contribution is 0.0448. The number of carbonyl (C=O) groups excluding carboxylic acids is 1. The molecule has 3 heterocycles. The maximum atomic E-state index is 13.1. The van der Waals surface area contributed by atoms with E-state index < -0.39 is 12.1 Å². The molecule has 6 nitrogen and oxygen atoms in total. The van der Waals surface area contributed by atoms with E-state index in [1.54, 1.807) is 41.8 Å². The molecule has 0 aliphatic carbocycles. The van der Waals surface area contributed by atoms with Crippen LogP contribution in [0.3, 0.4) is 0 Å². The van der Waals surface area contributed by atoms with E-state index in [1.807, 2.05) is 0 Å². The predicted molar refractivity (Wildman–Crippen MR) is 89.8 cm³/mol. The fourth-order valence-electron chi connectivity index (χ4n) is 3.59. The Morgan fingerprint density at radius 2 is 2.08 bits per heavy atom. The summed E-state index contributed by atoms with van der Waals surface area (Å²) in [5.41, 5.74) is 1.44. The minimum atomic E-state index is -0.882. The number of aromatic nitrogens is 1. The zero-order chi connectivity index (χ0) is 17.6. The van der Waals surface area contributed by atoms with Crippen LogP contribution in [0.2, 0.25) is 0 Å². The van der Waals surface area contributed by atoms with E-state index in [9.17, 15) is 14.7 Å². The lowest BCUT2D eigenvalue weighted by Crippen LogP contribution is -2.31. The lowest BCUT2D eigenvalue weighted by Gasteiger charge is -2.19. The molecule has 0 spiro atoms. The van der Waals surface area contributed by atoms with Crippen LogP contribution in [0.5, 0.6) is 5.75 Å². The summed E-state index contributed by atoms with van der Waals surface area (Å²) in [6, 6.07) is 8.47. The summed E-state index contributed by atoms with van der Waals surface area (Å²) in [7, 11) is 0. The summed E-state index contributed by atoms with van der Waals surface area (Å²) in [5, 5.41) is 10.4. The van der Waals surface area contributed by atoms with E-state index in [0.717, 1.165) is 12.8 Å². The van der Waals surface area contributed by atoms with Gasteiger partial charge in [-0.05, 0) is 31.9 Å². The van der Waals surface area contributed by atoms with Gasteiger partial charge in [0.1, 0.15) is 11.3 Å². The number of nitrogens with zero attached hydrogens (tertiary/aromatic N) is 1. The highest BCUT2D eigenvalue weighted by molar-refractivity contribution is 5.94. The molecule has 2 aromatic rings. The number of aromatic hydroxyl groups is 1. The number of pyridine rings is 1. The largest absolute Gasteiger partial charge is 0.507 e. The summed E-state index contributed by atoms with van der Waals surface area (Å²) in [5.74, 6) is -0.633. The Balaban J connectivity index is 1.80. The first-order valence-electron chi connectivity index (χ1n) is 8.41. The van der Waals surface area contributed by atoms with Crippen molar-refractivity contribution in [1.82, 2.24) is 4.57 Å². The van der Waals surface area contributed by atoms with Gasteiger partial charge in [0.2, 0.25) is 0 Å². The number of fused-ring (bicyclic) bond motifs is 1. The van der Waals surface area contributed by atoms with Crippen LogP contribution in [0.1, 0.15) is 46.1 Å². The third kappa shape index (κ3) is 2.62. The van der Waals surface area contributed by atoms with E-state index in [1.165, 1.54) is 0 Å². The van der Waals surface area contributed by atoms with Gasteiger partial charge >= 0.3 is 5.97 Å². The Bertz CT molecular complexity index is 895.